The van der Waals surface area contributed by atoms with Crippen LogP contribution in [0.15, 0.2) is 127 Å². The number of pyridine rings is 2. The van der Waals surface area contributed by atoms with Gasteiger partial charge in [0, 0.05) is 71.4 Å². The molecule has 2 unspecified atom stereocenters. The smallest absolute Gasteiger partial charge is 0.408 e. The van der Waals surface area contributed by atoms with E-state index < -0.39 is 45.8 Å². The molecule has 0 saturated heterocycles. The van der Waals surface area contributed by atoms with Crippen LogP contribution >= 0.6 is 12.4 Å². The van der Waals surface area contributed by atoms with Crippen LogP contribution in [-0.2, 0) is 67.2 Å². The first kappa shape index (κ1) is 70.4. The molecule has 10 rings (SSSR count). The van der Waals surface area contributed by atoms with Crippen LogP contribution in [0.2, 0.25) is 0 Å². The van der Waals surface area contributed by atoms with Gasteiger partial charge in [-0.15, -0.1) is 12.4 Å². The van der Waals surface area contributed by atoms with E-state index in [-0.39, 0.29) is 78.8 Å². The van der Waals surface area contributed by atoms with Crippen LogP contribution in [0.5, 0.6) is 0 Å². The Balaban J connectivity index is 0.000000215. The lowest BCUT2D eigenvalue weighted by molar-refractivity contribution is -0.121. The summed E-state index contributed by atoms with van der Waals surface area (Å²) in [5, 5.41) is 42.9. The van der Waals surface area contributed by atoms with E-state index in [1.165, 1.54) is 30.3 Å². The number of nitrogens with two attached hydrogens (primary N) is 1. The predicted molar refractivity (Wildman–Crippen MR) is 348 cm³/mol. The van der Waals surface area contributed by atoms with Crippen LogP contribution in [0.1, 0.15) is 177 Å². The van der Waals surface area contributed by atoms with Crippen molar-refractivity contribution >= 4 is 65.1 Å². The molecular formula is C71H78ClF2N7O11. The maximum atomic E-state index is 13.7. The summed E-state index contributed by atoms with van der Waals surface area (Å²) >= 11 is 0. The van der Waals surface area contributed by atoms with Gasteiger partial charge in [-0.25, -0.2) is 28.3 Å². The quantitative estimate of drug-likeness (QED) is 0.0418. The first-order valence-corrected chi connectivity index (χ1v) is 30.0. The number of nitrogens with one attached hydrogen (secondary N) is 4. The molecule has 484 valence electrons. The number of ether oxygens (including phenoxy) is 1. The number of ketones is 2. The van der Waals surface area contributed by atoms with Crippen molar-refractivity contribution in [2.45, 2.75) is 155 Å². The molecule has 2 atom stereocenters. The minimum atomic E-state index is -1.51. The Morgan fingerprint density at radius 1 is 0.554 bits per heavy atom. The molecule has 0 saturated carbocycles. The number of aromatic nitrogens is 2. The molecular weight excluding hydrogens is 1200 g/mol. The number of fused-ring (bicyclic) bond motifs is 3. The number of anilines is 2. The van der Waals surface area contributed by atoms with Gasteiger partial charge in [-0.3, -0.25) is 24.0 Å². The number of carbonyl (C=O) groups excluding carboxylic acids is 6. The number of carboxylic acid groups (broad SMARTS) is 1. The van der Waals surface area contributed by atoms with E-state index >= 15 is 0 Å². The fraction of sp³-hybridized carbons (Fsp3) is 0.338. The molecule has 2 aromatic heterocycles. The van der Waals surface area contributed by atoms with Crippen LogP contribution < -0.4 is 27.0 Å². The summed E-state index contributed by atoms with van der Waals surface area (Å²) in [6.07, 6.45) is 2.08. The van der Waals surface area contributed by atoms with Gasteiger partial charge in [0.1, 0.15) is 28.4 Å². The Morgan fingerprint density at radius 2 is 0.989 bits per heavy atom. The number of alkyl carbamates (subject to hydrolysis) is 1. The van der Waals surface area contributed by atoms with E-state index in [4.69, 9.17) is 20.6 Å². The van der Waals surface area contributed by atoms with Crippen LogP contribution in [0.3, 0.4) is 0 Å². The molecule has 0 aliphatic carbocycles. The maximum Gasteiger partial charge on any atom is 0.408 e. The van der Waals surface area contributed by atoms with Gasteiger partial charge in [-0.2, -0.15) is 0 Å². The highest BCUT2D eigenvalue weighted by Crippen LogP contribution is 2.36. The monoisotopic (exact) mass is 1280 g/mol. The van der Waals surface area contributed by atoms with Gasteiger partial charge in [0.25, 0.3) is 0 Å². The molecule has 0 bridgehead atoms. The summed E-state index contributed by atoms with van der Waals surface area (Å²) in [6, 6.07) is 34.2. The number of Topliss-reactive ketones (excluding diaryl/α,β-unsaturated/α-hetero) is 2. The molecule has 0 fully saturated rings. The first-order chi connectivity index (χ1) is 42.6. The van der Waals surface area contributed by atoms with Gasteiger partial charge < -0.3 is 47.1 Å². The average Bonchev–Trinajstić information content (AvgIpc) is 0.927. The van der Waals surface area contributed by atoms with Crippen LogP contribution in [0.4, 0.5) is 25.0 Å². The molecule has 9 N–H and O–H groups in total. The second-order valence-electron chi connectivity index (χ2n) is 25.7. The number of rotatable bonds is 16. The number of carboxylic acids is 1. The molecule has 7 aromatic rings. The van der Waals surface area contributed by atoms with Crippen molar-refractivity contribution in [3.8, 4) is 22.5 Å². The van der Waals surface area contributed by atoms with E-state index in [9.17, 15) is 52.6 Å². The second-order valence-corrected chi connectivity index (χ2v) is 25.7. The van der Waals surface area contributed by atoms with Gasteiger partial charge in [0.2, 0.25) is 17.7 Å². The Labute approximate surface area is 539 Å². The normalized spacial score (nSPS) is 14.7. The van der Waals surface area contributed by atoms with Gasteiger partial charge in [0.05, 0.1) is 40.3 Å². The van der Waals surface area contributed by atoms with E-state index in [1.54, 1.807) is 133 Å². The van der Waals surface area contributed by atoms with Gasteiger partial charge in [-0.05, 0) is 243 Å². The Kier molecular flexibility index (Phi) is 21.9. The summed E-state index contributed by atoms with van der Waals surface area (Å²) in [7, 11) is 0. The van der Waals surface area contributed by atoms with Crippen molar-refractivity contribution in [2.75, 3.05) is 10.6 Å². The minimum Gasteiger partial charge on any atom is -0.478 e. The first-order valence-electron chi connectivity index (χ1n) is 30.0. The number of aliphatic hydroxyl groups is 2. The van der Waals surface area contributed by atoms with Gasteiger partial charge in [-0.1, -0.05) is 6.07 Å². The van der Waals surface area contributed by atoms with E-state index in [1.807, 2.05) is 26.0 Å². The molecule has 92 heavy (non-hydrogen) atoms. The van der Waals surface area contributed by atoms with Crippen molar-refractivity contribution in [1.29, 1.82) is 0 Å². The molecule has 5 heterocycles. The number of hydrogen-bond donors (Lipinski definition) is 8. The van der Waals surface area contributed by atoms with E-state index in [2.05, 4.69) is 26.3 Å². The Hall–Kier alpha value is -9.08. The van der Waals surface area contributed by atoms with Crippen molar-refractivity contribution in [3.63, 3.8) is 0 Å². The van der Waals surface area contributed by atoms with Crippen molar-refractivity contribution in [1.82, 2.24) is 20.6 Å². The lowest BCUT2D eigenvalue weighted by Crippen LogP contribution is -2.44. The Morgan fingerprint density at radius 3 is 1.43 bits per heavy atom. The largest absolute Gasteiger partial charge is 0.478 e. The topological polar surface area (TPSA) is 289 Å². The third-order valence-electron chi connectivity index (χ3n) is 15.9. The minimum absolute atomic E-state index is 0. The molecule has 0 spiro atoms. The van der Waals surface area contributed by atoms with Gasteiger partial charge in [0.15, 0.2) is 11.6 Å². The Bertz CT molecular complexity index is 3950. The summed E-state index contributed by atoms with van der Waals surface area (Å²) in [5.74, 6) is -2.00. The summed E-state index contributed by atoms with van der Waals surface area (Å²) in [6.45, 7) is 16.3. The lowest BCUT2D eigenvalue weighted by Gasteiger charge is -2.31. The summed E-state index contributed by atoms with van der Waals surface area (Å²) < 4.78 is 32.6. The molecule has 4 amide bonds. The number of carbonyl (C=O) groups is 7. The fourth-order valence-electron chi connectivity index (χ4n) is 10.4. The molecule has 0 radical (unpaired) electrons. The van der Waals surface area contributed by atoms with Gasteiger partial charge >= 0.3 is 12.1 Å². The van der Waals surface area contributed by atoms with E-state index in [0.717, 1.165) is 33.5 Å². The molecule has 5 aromatic carbocycles. The second kappa shape index (κ2) is 28.6. The fourth-order valence-corrected chi connectivity index (χ4v) is 10.4. The number of halogens is 3. The SMILES string of the molecule is CC(C)(C)OC(=O)NC(C)(C)c1cc(-c2ccc(F)cc2)nc(C(C)(O)CCC(=O)c2ccc3c(c2)CCC(=O)N3)c1.CC(C)(N)c1cc(-c2ccc(F)cc2)nc(C(C)(O)CCC(=O)c2ccc3c(c2)CCC(=O)N3)c1.Cl.O=C1Cc2ccc(C(=O)O)cc2CN1. The summed E-state index contributed by atoms with van der Waals surface area (Å²) in [4.78, 5) is 93.0. The van der Waals surface area contributed by atoms with E-state index in [0.29, 0.717) is 94.9 Å². The predicted octanol–water partition coefficient (Wildman–Crippen LogP) is 12.2. The highest BCUT2D eigenvalue weighted by atomic mass is 35.5. The third-order valence-corrected chi connectivity index (χ3v) is 15.9. The number of hydrogen-bond acceptors (Lipinski definition) is 13. The summed E-state index contributed by atoms with van der Waals surface area (Å²) in [5.41, 5.74) is 12.0. The standard InChI is InChI=1S/C33H38FN3O5.C28H30FN3O3.C10H9NO3.ClH/c1-31(2,3)42-30(40)37-32(4,5)23-18-26(20-7-11-24(34)12-8-20)35-28(19-23)33(6,41)16-15-27(38)22-9-13-25-21(17-22)10-14-29(39)36-25;1-27(2,30)20-15-23(17-4-8-21(29)9-5-17)31-25(16-20)28(3,35)13-12-24(33)19-6-10-22-18(14-19)7-11-26(34)32-22;12-9-4-6-1-2-7(10(13)14)3-8(6)5-11-9;/h7-9,11-13,17-19,41H,10,14-16H2,1-6H3,(H,36,39)(H,37,40);4-6,8-10,14-16,35H,7,11-13,30H2,1-3H3,(H,32,34);1-3H,4-5H2,(H,11,12)(H,13,14);1H. The number of benzene rings is 5. The van der Waals surface area contributed by atoms with Crippen LogP contribution in [-0.4, -0.2) is 72.2 Å². The third kappa shape index (κ3) is 18.6. The van der Waals surface area contributed by atoms with Crippen molar-refractivity contribution in [2.24, 2.45) is 5.73 Å². The van der Waals surface area contributed by atoms with Crippen LogP contribution in [0.25, 0.3) is 22.5 Å². The highest BCUT2D eigenvalue weighted by Gasteiger charge is 2.34. The van der Waals surface area contributed by atoms with Crippen molar-refractivity contribution in [3.05, 3.63) is 200 Å². The molecule has 18 nitrogen and oxygen atoms in total. The zero-order chi connectivity index (χ0) is 66.4. The number of aromatic carboxylic acids is 1. The van der Waals surface area contributed by atoms with Crippen molar-refractivity contribution < 1.29 is 62.4 Å². The molecule has 21 heteroatoms. The number of aryl methyl sites for hydroxylation is 2. The zero-order valence-corrected chi connectivity index (χ0v) is 53.8. The number of amides is 4. The molecule has 3 aliphatic heterocycles. The van der Waals surface area contributed by atoms with Crippen LogP contribution in [0, 0.1) is 11.6 Å². The number of nitrogens with zero attached hydrogens (tertiary/aromatic N) is 2. The highest BCUT2D eigenvalue weighted by molar-refractivity contribution is 6.00. The molecule has 3 aliphatic rings. The zero-order valence-electron chi connectivity index (χ0n) is 52.9. The maximum absolute atomic E-state index is 13.7. The average molecular weight is 1280 g/mol. The lowest BCUT2D eigenvalue weighted by atomic mass is 9.87.